The molecule has 20 heavy (non-hydrogen) atoms. The number of aliphatic hydroxyl groups is 1. The van der Waals surface area contributed by atoms with E-state index in [1.54, 1.807) is 6.92 Å². The van der Waals surface area contributed by atoms with Crippen LogP contribution in [0.15, 0.2) is 4.52 Å². The Hall–Kier alpha value is -1.40. The van der Waals surface area contributed by atoms with Crippen molar-refractivity contribution in [2.75, 3.05) is 0 Å². The molecule has 6 heteroatoms. The minimum atomic E-state index is -1.12. The van der Waals surface area contributed by atoms with Gasteiger partial charge in [-0.25, -0.2) is 4.79 Å². The van der Waals surface area contributed by atoms with Gasteiger partial charge in [-0.3, -0.25) is 0 Å². The number of aliphatic hydroxyl groups excluding tert-OH is 1. The minimum absolute atomic E-state index is 0.101. The highest BCUT2D eigenvalue weighted by atomic mass is 16.5. The van der Waals surface area contributed by atoms with Crippen molar-refractivity contribution in [1.29, 1.82) is 0 Å². The molecule has 1 aliphatic rings. The monoisotopic (exact) mass is 283 g/mol. The van der Waals surface area contributed by atoms with Gasteiger partial charge in [-0.1, -0.05) is 25.9 Å². The van der Waals surface area contributed by atoms with Crippen LogP contribution in [0.2, 0.25) is 0 Å². The van der Waals surface area contributed by atoms with Gasteiger partial charge in [0.15, 0.2) is 11.5 Å². The van der Waals surface area contributed by atoms with E-state index in [9.17, 15) is 9.90 Å². The quantitative estimate of drug-likeness (QED) is 0.865. The molecule has 1 saturated heterocycles. The topological polar surface area (TPSA) is 92.8 Å². The molecule has 0 radical (unpaired) electrons. The summed E-state index contributed by atoms with van der Waals surface area (Å²) in [6.07, 6.45) is -0.103. The average molecular weight is 283 g/mol. The number of hydrogen-bond donors (Lipinski definition) is 2. The third-order valence-electron chi connectivity index (χ3n) is 3.72. The predicted molar refractivity (Wildman–Crippen MR) is 70.5 cm³/mol. The van der Waals surface area contributed by atoms with Gasteiger partial charge in [0, 0.05) is 18.4 Å². The van der Waals surface area contributed by atoms with E-state index in [-0.39, 0.29) is 17.2 Å². The Morgan fingerprint density at radius 3 is 2.50 bits per heavy atom. The number of aromatic nitrogens is 1. The normalized spacial score (nSPS) is 27.6. The number of nitrogens with zero attached hydrogens (tertiary/aromatic N) is 1. The van der Waals surface area contributed by atoms with Crippen molar-refractivity contribution in [2.45, 2.75) is 58.8 Å². The molecular weight excluding hydrogens is 262 g/mol. The Morgan fingerprint density at radius 1 is 1.35 bits per heavy atom. The number of carboxylic acid groups (broad SMARTS) is 1. The lowest BCUT2D eigenvalue weighted by atomic mass is 9.82. The molecule has 2 N–H and O–H groups in total. The van der Waals surface area contributed by atoms with E-state index in [1.807, 2.05) is 20.8 Å². The second-order valence-corrected chi connectivity index (χ2v) is 6.43. The molecule has 0 aliphatic carbocycles. The molecule has 0 spiro atoms. The highest BCUT2D eigenvalue weighted by Crippen LogP contribution is 2.39. The van der Waals surface area contributed by atoms with Gasteiger partial charge in [0.05, 0.1) is 12.2 Å². The van der Waals surface area contributed by atoms with E-state index < -0.39 is 18.2 Å². The lowest BCUT2D eigenvalue weighted by Crippen LogP contribution is -2.39. The second kappa shape index (κ2) is 5.18. The molecule has 0 aromatic carbocycles. The summed E-state index contributed by atoms with van der Waals surface area (Å²) in [7, 11) is 0. The zero-order valence-electron chi connectivity index (χ0n) is 12.2. The standard InChI is InChI=1S/C14H21NO5/c1-7-11(13(17)18)15-20-12(7)9-5-8(16)6-10(19-9)14(2,3)4/h8-10,16H,5-6H2,1-4H3,(H,17,18)/t8-,9+,10-/m1/s1. The number of rotatable bonds is 2. The van der Waals surface area contributed by atoms with Crippen LogP contribution in [0.5, 0.6) is 0 Å². The molecule has 3 atom stereocenters. The third-order valence-corrected chi connectivity index (χ3v) is 3.72. The largest absolute Gasteiger partial charge is 0.476 e. The maximum absolute atomic E-state index is 11.0. The highest BCUT2D eigenvalue weighted by molar-refractivity contribution is 5.87. The summed E-state index contributed by atoms with van der Waals surface area (Å²) in [6, 6.07) is 0. The first-order chi connectivity index (χ1) is 9.20. The summed E-state index contributed by atoms with van der Waals surface area (Å²) in [5, 5.41) is 22.6. The van der Waals surface area contributed by atoms with Crippen molar-refractivity contribution < 1.29 is 24.3 Å². The van der Waals surface area contributed by atoms with Crippen LogP contribution in [0.3, 0.4) is 0 Å². The maximum Gasteiger partial charge on any atom is 0.358 e. The van der Waals surface area contributed by atoms with E-state index in [4.69, 9.17) is 14.4 Å². The fraction of sp³-hybridized carbons (Fsp3) is 0.714. The predicted octanol–water partition coefficient (Wildman–Crippen LogP) is 2.31. The molecule has 6 nitrogen and oxygen atoms in total. The Morgan fingerprint density at radius 2 is 2.00 bits per heavy atom. The molecule has 0 bridgehead atoms. The fourth-order valence-electron chi connectivity index (χ4n) is 2.47. The van der Waals surface area contributed by atoms with E-state index in [0.717, 1.165) is 0 Å². The van der Waals surface area contributed by atoms with Crippen LogP contribution in [0, 0.1) is 12.3 Å². The molecule has 1 aromatic rings. The van der Waals surface area contributed by atoms with Crippen LogP contribution in [0.4, 0.5) is 0 Å². The zero-order valence-corrected chi connectivity index (χ0v) is 12.2. The van der Waals surface area contributed by atoms with Gasteiger partial charge in [-0.2, -0.15) is 0 Å². The SMILES string of the molecule is Cc1c(C(=O)O)noc1[C@@H]1C[C@@H](O)C[C@H](C(C)(C)C)O1. The van der Waals surface area contributed by atoms with Gasteiger partial charge < -0.3 is 19.5 Å². The van der Waals surface area contributed by atoms with Crippen molar-refractivity contribution in [3.63, 3.8) is 0 Å². The molecule has 1 fully saturated rings. The molecule has 1 aliphatic heterocycles. The van der Waals surface area contributed by atoms with Crippen LogP contribution >= 0.6 is 0 Å². The Labute approximate surface area is 117 Å². The van der Waals surface area contributed by atoms with E-state index in [1.165, 1.54) is 0 Å². The highest BCUT2D eigenvalue weighted by Gasteiger charge is 2.38. The van der Waals surface area contributed by atoms with Gasteiger partial charge in [-0.15, -0.1) is 0 Å². The molecular formula is C14H21NO5. The van der Waals surface area contributed by atoms with Crippen molar-refractivity contribution in [3.05, 3.63) is 17.0 Å². The van der Waals surface area contributed by atoms with Crippen LogP contribution in [0.25, 0.3) is 0 Å². The van der Waals surface area contributed by atoms with E-state index >= 15 is 0 Å². The summed E-state index contributed by atoms with van der Waals surface area (Å²) in [5.74, 6) is -0.725. The van der Waals surface area contributed by atoms with Crippen molar-refractivity contribution in [2.24, 2.45) is 5.41 Å². The Balaban J connectivity index is 2.26. The van der Waals surface area contributed by atoms with Gasteiger partial charge in [0.2, 0.25) is 0 Å². The van der Waals surface area contributed by atoms with Crippen LogP contribution in [0.1, 0.15) is 61.5 Å². The number of aromatic carboxylic acids is 1. The van der Waals surface area contributed by atoms with Crippen LogP contribution in [-0.4, -0.2) is 33.5 Å². The lowest BCUT2D eigenvalue weighted by molar-refractivity contribution is -0.143. The van der Waals surface area contributed by atoms with Crippen molar-refractivity contribution >= 4 is 5.97 Å². The smallest absolute Gasteiger partial charge is 0.358 e. The number of carbonyl (C=O) groups is 1. The van der Waals surface area contributed by atoms with Crippen LogP contribution in [-0.2, 0) is 4.74 Å². The van der Waals surface area contributed by atoms with Gasteiger partial charge in [-0.05, 0) is 12.3 Å². The first-order valence-corrected chi connectivity index (χ1v) is 6.73. The molecule has 0 amide bonds. The Kier molecular flexibility index (Phi) is 3.88. The van der Waals surface area contributed by atoms with Gasteiger partial charge in [0.25, 0.3) is 0 Å². The summed E-state index contributed by atoms with van der Waals surface area (Å²) in [6.45, 7) is 7.78. The summed E-state index contributed by atoms with van der Waals surface area (Å²) in [4.78, 5) is 11.0. The Bertz CT molecular complexity index is 502. The molecule has 1 aromatic heterocycles. The number of hydrogen-bond acceptors (Lipinski definition) is 5. The number of carboxylic acids is 1. The van der Waals surface area contributed by atoms with Gasteiger partial charge >= 0.3 is 5.97 Å². The fourth-order valence-corrected chi connectivity index (χ4v) is 2.47. The summed E-state index contributed by atoms with van der Waals surface area (Å²) >= 11 is 0. The van der Waals surface area contributed by atoms with E-state index in [0.29, 0.717) is 24.2 Å². The average Bonchev–Trinajstić information content (AvgIpc) is 2.69. The van der Waals surface area contributed by atoms with Gasteiger partial charge in [0.1, 0.15) is 6.10 Å². The first-order valence-electron chi connectivity index (χ1n) is 6.73. The van der Waals surface area contributed by atoms with E-state index in [2.05, 4.69) is 5.16 Å². The zero-order chi connectivity index (χ0) is 15.1. The van der Waals surface area contributed by atoms with Crippen LogP contribution < -0.4 is 0 Å². The minimum Gasteiger partial charge on any atom is -0.476 e. The lowest BCUT2D eigenvalue weighted by Gasteiger charge is -2.39. The first kappa shape index (κ1) is 15.0. The van der Waals surface area contributed by atoms with Crippen molar-refractivity contribution in [3.8, 4) is 0 Å². The molecule has 112 valence electrons. The maximum atomic E-state index is 11.0. The second-order valence-electron chi connectivity index (χ2n) is 6.43. The van der Waals surface area contributed by atoms with Crippen molar-refractivity contribution in [1.82, 2.24) is 5.16 Å². The number of ether oxygens (including phenoxy) is 1. The molecule has 2 rings (SSSR count). The molecule has 2 heterocycles. The molecule has 0 unspecified atom stereocenters. The third kappa shape index (κ3) is 2.86. The summed E-state index contributed by atoms with van der Waals surface area (Å²) < 4.78 is 11.1. The molecule has 0 saturated carbocycles. The summed E-state index contributed by atoms with van der Waals surface area (Å²) in [5.41, 5.74) is 0.253.